The highest BCUT2D eigenvalue weighted by Crippen LogP contribution is 2.23. The van der Waals surface area contributed by atoms with Crippen LogP contribution in [0.15, 0.2) is 59.7 Å². The normalized spacial score (nSPS) is 16.7. The second kappa shape index (κ2) is 49.1. The van der Waals surface area contributed by atoms with Crippen molar-refractivity contribution < 1.29 is 62.4 Å². The van der Waals surface area contributed by atoms with Crippen molar-refractivity contribution in [2.24, 2.45) is 39.9 Å². The summed E-state index contributed by atoms with van der Waals surface area (Å²) >= 11 is 3.10. The first-order chi connectivity index (χ1) is 45.9. The van der Waals surface area contributed by atoms with E-state index in [4.69, 9.17) is 36.1 Å². The zero-order valence-corrected chi connectivity index (χ0v) is 57.7. The number of guanidine groups is 1. The number of aryl methyl sites for hydroxylation is 1. The number of unbranched alkanes of at least 4 members (excludes halogenated alkanes) is 1. The SMILES string of the molecule is CC[C@H](C)[C@@H]1NC(=O)c2cccc(c2)CSCC[C@@H](C(=O)CC[C@@H](CCCN=C(N)N)CN[C@@H](Cc2ccc(O)cc2)C(N)=O)NCC(=O)[C@H](CCCCNC(=O)CCOCCOCCn2cc(CCC(=O)NCCCOCCOCCCNC(=O)CSC)nn2)CCC1=O. The van der Waals surface area contributed by atoms with Gasteiger partial charge in [0.25, 0.3) is 5.91 Å². The zero-order valence-electron chi connectivity index (χ0n) is 56.1. The molecule has 0 spiro atoms. The van der Waals surface area contributed by atoms with E-state index in [-0.39, 0.29) is 116 Å². The summed E-state index contributed by atoms with van der Waals surface area (Å²) in [5, 5.41) is 36.4. The number of aliphatic imine (C=N–C) groups is 1. The number of primary amides is 1. The minimum atomic E-state index is -0.754. The van der Waals surface area contributed by atoms with Crippen LogP contribution in [0.3, 0.4) is 0 Å². The molecule has 1 aliphatic heterocycles. The fourth-order valence-corrected chi connectivity index (χ4v) is 11.8. The highest BCUT2D eigenvalue weighted by Gasteiger charge is 2.30. The van der Waals surface area contributed by atoms with Gasteiger partial charge >= 0.3 is 0 Å². The third-order valence-electron chi connectivity index (χ3n) is 16.2. The first-order valence-corrected chi connectivity index (χ1v) is 36.1. The average molecular weight is 1370 g/mol. The van der Waals surface area contributed by atoms with Crippen LogP contribution >= 0.6 is 23.5 Å². The molecule has 530 valence electrons. The lowest BCUT2D eigenvalue weighted by molar-refractivity contribution is -0.125. The lowest BCUT2D eigenvalue weighted by atomic mass is 9.87. The number of hydrogen-bond donors (Lipinski definition) is 10. The number of amides is 5. The smallest absolute Gasteiger partial charge is 0.251 e. The van der Waals surface area contributed by atoms with E-state index < -0.39 is 30.0 Å². The number of aromatic nitrogens is 3. The molecule has 3 aromatic rings. The number of carbonyl (C=O) groups is 8. The maximum absolute atomic E-state index is 14.4. The van der Waals surface area contributed by atoms with Crippen LogP contribution in [-0.2, 0) is 77.6 Å². The number of Topliss-reactive ketones (excluding diaryl/α,β-unsaturated/α-hetero) is 3. The van der Waals surface area contributed by atoms with Gasteiger partial charge in [0.05, 0.1) is 82.3 Å². The van der Waals surface area contributed by atoms with E-state index in [0.29, 0.717) is 178 Å². The van der Waals surface area contributed by atoms with Crippen LogP contribution in [0.4, 0.5) is 0 Å². The molecule has 2 heterocycles. The van der Waals surface area contributed by atoms with Crippen LogP contribution in [0.2, 0.25) is 0 Å². The monoisotopic (exact) mass is 1370 g/mol. The van der Waals surface area contributed by atoms with E-state index in [1.54, 1.807) is 53.0 Å². The van der Waals surface area contributed by atoms with Crippen molar-refractivity contribution in [3.63, 3.8) is 0 Å². The molecule has 1 aliphatic rings. The second-order valence-corrected chi connectivity index (χ2v) is 25.9. The summed E-state index contributed by atoms with van der Waals surface area (Å²) in [5.41, 5.74) is 19.9. The van der Waals surface area contributed by atoms with E-state index in [9.17, 15) is 43.5 Å². The Labute approximate surface area is 569 Å². The number of rotatable bonds is 46. The molecule has 0 aliphatic carbocycles. The van der Waals surface area contributed by atoms with Crippen LogP contribution in [0.25, 0.3) is 0 Å². The maximum atomic E-state index is 14.4. The summed E-state index contributed by atoms with van der Waals surface area (Å²) in [6, 6.07) is 11.8. The molecule has 95 heavy (non-hydrogen) atoms. The molecule has 0 saturated carbocycles. The lowest BCUT2D eigenvalue weighted by Gasteiger charge is -2.25. The van der Waals surface area contributed by atoms with Gasteiger partial charge in [-0.25, -0.2) is 4.68 Å². The fraction of sp³-hybridized carbons (Fsp3) is 0.657. The number of phenols is 1. The molecule has 4 rings (SSSR count). The molecule has 0 fully saturated rings. The largest absolute Gasteiger partial charge is 0.508 e. The number of carbonyl (C=O) groups excluding carboxylic acids is 8. The van der Waals surface area contributed by atoms with Gasteiger partial charge in [-0.2, -0.15) is 23.5 Å². The molecule has 13 N–H and O–H groups in total. The van der Waals surface area contributed by atoms with Gasteiger partial charge in [0.1, 0.15) is 17.3 Å². The lowest BCUT2D eigenvalue weighted by Crippen LogP contribution is -2.45. The standard InChI is InChI=1S/C67H107N13O13S2/c1-4-48(2)64-59(83)23-18-52(13-5-6-27-71-62(86)25-34-92-38-39-93-35-31-80-45-54(78-79-80)19-24-61(85)72-29-9-32-90-36-37-91-33-10-30-73-63(87)47-94-3)60(84)44-76-56(26-40-95-46-51-11-7-14-53(41-51)66(89)77-64)58(82)22-17-50(12-8-28-74-67(69)70)43-75-57(65(68)88)42-49-15-20-55(81)21-16-49/h7,11,14-16,20-21,41,45,48,50,52,56-57,64,75-76,81H,4-6,8-10,12-13,17-19,22-40,42-44,46-47H2,1-3H3,(H2,68,88)(H,71,86)(H,72,85)(H,73,87)(H,77,89)(H4,69,70,74)/t48-,50+,52+,56-,57-,64-/m0/s1. The summed E-state index contributed by atoms with van der Waals surface area (Å²) in [4.78, 5) is 110. The van der Waals surface area contributed by atoms with Gasteiger partial charge < -0.3 is 73.2 Å². The maximum Gasteiger partial charge on any atom is 0.251 e. The Morgan fingerprint density at radius 1 is 0.800 bits per heavy atom. The van der Waals surface area contributed by atoms with Gasteiger partial charge in [-0.1, -0.05) is 56.2 Å². The van der Waals surface area contributed by atoms with Crippen LogP contribution in [0.1, 0.15) is 137 Å². The summed E-state index contributed by atoms with van der Waals surface area (Å²) in [5.74, 6) is -0.527. The molecular formula is C67H107N13O13S2. The van der Waals surface area contributed by atoms with Gasteiger partial charge in [-0.3, -0.25) is 43.3 Å². The Morgan fingerprint density at radius 2 is 1.48 bits per heavy atom. The number of ether oxygens (including phenoxy) is 4. The van der Waals surface area contributed by atoms with E-state index in [0.717, 1.165) is 17.5 Å². The minimum Gasteiger partial charge on any atom is -0.508 e. The second-order valence-electron chi connectivity index (χ2n) is 23.9. The highest BCUT2D eigenvalue weighted by molar-refractivity contribution is 7.99. The Bertz CT molecular complexity index is 2780. The third kappa shape index (κ3) is 36.4. The van der Waals surface area contributed by atoms with Gasteiger partial charge in [-0.05, 0) is 130 Å². The van der Waals surface area contributed by atoms with Crippen LogP contribution in [0.5, 0.6) is 5.75 Å². The number of thioether (sulfide) groups is 2. The molecule has 0 radical (unpaired) electrons. The number of ketones is 3. The number of nitrogens with two attached hydrogens (primary N) is 3. The van der Waals surface area contributed by atoms with Gasteiger partial charge in [0, 0.05) is 94.9 Å². The predicted molar refractivity (Wildman–Crippen MR) is 370 cm³/mol. The molecule has 26 nitrogen and oxygen atoms in total. The molecule has 2 bridgehead atoms. The summed E-state index contributed by atoms with van der Waals surface area (Å²) < 4.78 is 24.1. The van der Waals surface area contributed by atoms with Gasteiger partial charge in [0.2, 0.25) is 23.6 Å². The Morgan fingerprint density at radius 3 is 2.18 bits per heavy atom. The Hall–Kier alpha value is -6.53. The van der Waals surface area contributed by atoms with Crippen LogP contribution in [0, 0.1) is 17.8 Å². The Balaban J connectivity index is 1.21. The first-order valence-electron chi connectivity index (χ1n) is 33.6. The number of fused-ring (bicyclic) bond motifs is 2. The van der Waals surface area contributed by atoms with E-state index in [1.165, 1.54) is 11.8 Å². The predicted octanol–water partition coefficient (Wildman–Crippen LogP) is 3.71. The molecule has 2 aromatic carbocycles. The van der Waals surface area contributed by atoms with Crippen molar-refractivity contribution in [1.29, 1.82) is 0 Å². The molecular weight excluding hydrogens is 1260 g/mol. The van der Waals surface area contributed by atoms with Crippen molar-refractivity contribution >= 4 is 76.4 Å². The van der Waals surface area contributed by atoms with Crippen molar-refractivity contribution in [3.8, 4) is 5.75 Å². The van der Waals surface area contributed by atoms with Crippen LogP contribution in [-0.4, -0.2) is 201 Å². The van der Waals surface area contributed by atoms with E-state index in [1.807, 2.05) is 38.3 Å². The quantitative estimate of drug-likeness (QED) is 0.0219. The number of phenolic OH excluding ortho intramolecular Hbond substituents is 1. The molecule has 0 saturated heterocycles. The van der Waals surface area contributed by atoms with Crippen molar-refractivity contribution in [1.82, 2.24) is 46.9 Å². The molecule has 28 heteroatoms. The van der Waals surface area contributed by atoms with E-state index in [2.05, 4.69) is 47.2 Å². The number of nitrogens with one attached hydrogen (secondary N) is 6. The van der Waals surface area contributed by atoms with E-state index >= 15 is 0 Å². The molecule has 5 amide bonds. The van der Waals surface area contributed by atoms with Crippen molar-refractivity contribution in [2.75, 3.05) is 110 Å². The Kier molecular flexibility index (Phi) is 41.8. The highest BCUT2D eigenvalue weighted by atomic mass is 32.2. The number of hydrogen-bond acceptors (Lipinski definition) is 20. The summed E-state index contributed by atoms with van der Waals surface area (Å²) in [6.45, 7) is 9.65. The van der Waals surface area contributed by atoms with Crippen LogP contribution < -0.4 is 49.1 Å². The summed E-state index contributed by atoms with van der Waals surface area (Å²) in [7, 11) is 0. The van der Waals surface area contributed by atoms with Crippen molar-refractivity contribution in [2.45, 2.75) is 153 Å². The average Bonchev–Trinajstić information content (AvgIpc) is 1.61. The number of nitrogens with zero attached hydrogens (tertiary/aromatic N) is 4. The van der Waals surface area contributed by atoms with Gasteiger partial charge in [0.15, 0.2) is 11.7 Å². The third-order valence-corrected chi connectivity index (χ3v) is 17.8. The fourth-order valence-electron chi connectivity index (χ4n) is 10.5. The summed E-state index contributed by atoms with van der Waals surface area (Å²) in [6.07, 6.45) is 11.2. The van der Waals surface area contributed by atoms with Gasteiger partial charge in [-0.15, -0.1) is 5.10 Å². The number of benzene rings is 2. The molecule has 6 atom stereocenters. The zero-order chi connectivity index (χ0) is 68.8. The number of aromatic hydroxyl groups is 1. The first kappa shape index (κ1) is 80.9. The topological polar surface area (TPSA) is 387 Å². The molecule has 0 unspecified atom stereocenters. The minimum absolute atomic E-state index is 0.0215. The molecule has 1 aromatic heterocycles. The van der Waals surface area contributed by atoms with Crippen molar-refractivity contribution in [3.05, 3.63) is 77.1 Å².